The quantitative estimate of drug-likeness (QED) is 0.735. The summed E-state index contributed by atoms with van der Waals surface area (Å²) in [6, 6.07) is 0. The molecule has 1 aliphatic carbocycles. The number of halogens is 1. The monoisotopic (exact) mass is 278 g/mol. The maximum Gasteiger partial charge on any atom is 0.310 e. The number of amides is 1. The number of esters is 1. The third kappa shape index (κ3) is 4.46. The van der Waals surface area contributed by atoms with Crippen LogP contribution >= 0.6 is 12.4 Å². The number of carbonyl (C=O) groups is 2. The van der Waals surface area contributed by atoms with Crippen LogP contribution in [0.25, 0.3) is 0 Å². The van der Waals surface area contributed by atoms with E-state index in [2.05, 4.69) is 5.32 Å². The van der Waals surface area contributed by atoms with Gasteiger partial charge < -0.3 is 15.8 Å². The summed E-state index contributed by atoms with van der Waals surface area (Å²) in [5.41, 5.74) is 5.27. The van der Waals surface area contributed by atoms with Crippen molar-refractivity contribution in [2.24, 2.45) is 11.7 Å². The molecule has 1 rings (SSSR count). The first-order valence-electron chi connectivity index (χ1n) is 6.23. The van der Waals surface area contributed by atoms with Gasteiger partial charge in [-0.1, -0.05) is 19.8 Å². The van der Waals surface area contributed by atoms with Gasteiger partial charge in [0.2, 0.25) is 5.91 Å². The number of hydrogen-bond acceptors (Lipinski definition) is 4. The third-order valence-corrected chi connectivity index (χ3v) is 3.21. The lowest BCUT2D eigenvalue weighted by Crippen LogP contribution is -2.53. The van der Waals surface area contributed by atoms with Gasteiger partial charge in [-0.05, 0) is 19.8 Å². The largest absolute Gasteiger partial charge is 0.466 e. The minimum absolute atomic E-state index is 0. The van der Waals surface area contributed by atoms with Gasteiger partial charge in [-0.25, -0.2) is 0 Å². The molecule has 0 aromatic carbocycles. The van der Waals surface area contributed by atoms with E-state index in [1.807, 2.05) is 0 Å². The molecule has 0 saturated heterocycles. The van der Waals surface area contributed by atoms with Gasteiger partial charge in [0, 0.05) is 6.54 Å². The summed E-state index contributed by atoms with van der Waals surface area (Å²) < 4.78 is 4.87. The van der Waals surface area contributed by atoms with Crippen molar-refractivity contribution in [1.29, 1.82) is 0 Å². The fourth-order valence-corrected chi connectivity index (χ4v) is 2.02. The molecule has 0 heterocycles. The highest BCUT2D eigenvalue weighted by molar-refractivity contribution is 5.86. The predicted molar refractivity (Wildman–Crippen MR) is 71.4 cm³/mol. The smallest absolute Gasteiger partial charge is 0.310 e. The number of nitrogens with two attached hydrogens (primary N) is 1. The first-order chi connectivity index (χ1) is 7.99. The number of ether oxygens (including phenoxy) is 1. The predicted octanol–water partition coefficient (Wildman–Crippen LogP) is 0.995. The van der Waals surface area contributed by atoms with E-state index in [-0.39, 0.29) is 36.7 Å². The SMILES string of the molecule is CCOC(=O)C(C)CNC(=O)C1(N)CCCC1.Cl. The second kappa shape index (κ2) is 7.59. The van der Waals surface area contributed by atoms with Crippen LogP contribution in [-0.2, 0) is 14.3 Å². The Bertz CT molecular complexity index is 291. The number of carbonyl (C=O) groups excluding carboxylic acids is 2. The van der Waals surface area contributed by atoms with Crippen molar-refractivity contribution in [1.82, 2.24) is 5.32 Å². The fraction of sp³-hybridized carbons (Fsp3) is 0.833. The molecular formula is C12H23ClN2O3. The lowest BCUT2D eigenvalue weighted by molar-refractivity contribution is -0.147. The van der Waals surface area contributed by atoms with Crippen molar-refractivity contribution in [3.05, 3.63) is 0 Å². The molecule has 1 atom stereocenters. The van der Waals surface area contributed by atoms with Crippen molar-refractivity contribution < 1.29 is 14.3 Å². The molecule has 1 fully saturated rings. The Morgan fingerprint density at radius 1 is 1.39 bits per heavy atom. The van der Waals surface area contributed by atoms with Crippen LogP contribution in [0.15, 0.2) is 0 Å². The Hall–Kier alpha value is -0.810. The molecule has 5 nitrogen and oxygen atoms in total. The van der Waals surface area contributed by atoms with E-state index in [1.54, 1.807) is 13.8 Å². The zero-order chi connectivity index (χ0) is 12.9. The Labute approximate surface area is 114 Å². The molecule has 0 aliphatic heterocycles. The highest BCUT2D eigenvalue weighted by Gasteiger charge is 2.37. The summed E-state index contributed by atoms with van der Waals surface area (Å²) in [6.45, 7) is 4.14. The van der Waals surface area contributed by atoms with Gasteiger partial charge in [-0.2, -0.15) is 0 Å². The highest BCUT2D eigenvalue weighted by Crippen LogP contribution is 2.27. The summed E-state index contributed by atoms with van der Waals surface area (Å²) in [7, 11) is 0. The van der Waals surface area contributed by atoms with Crippen molar-refractivity contribution >= 4 is 24.3 Å². The lowest BCUT2D eigenvalue weighted by Gasteiger charge is -2.23. The lowest BCUT2D eigenvalue weighted by atomic mass is 9.98. The van der Waals surface area contributed by atoms with Crippen LogP contribution in [0.5, 0.6) is 0 Å². The summed E-state index contributed by atoms with van der Waals surface area (Å²) in [5, 5.41) is 2.74. The van der Waals surface area contributed by atoms with Crippen molar-refractivity contribution in [2.75, 3.05) is 13.2 Å². The maximum absolute atomic E-state index is 11.9. The summed E-state index contributed by atoms with van der Waals surface area (Å²) in [5.74, 6) is -0.764. The Balaban J connectivity index is 0.00000289. The van der Waals surface area contributed by atoms with E-state index < -0.39 is 5.54 Å². The standard InChI is InChI=1S/C12H22N2O3.ClH/c1-3-17-10(15)9(2)8-14-11(16)12(13)6-4-5-7-12;/h9H,3-8,13H2,1-2H3,(H,14,16);1H. The van der Waals surface area contributed by atoms with Gasteiger partial charge >= 0.3 is 5.97 Å². The zero-order valence-electron chi connectivity index (χ0n) is 11.0. The third-order valence-electron chi connectivity index (χ3n) is 3.21. The van der Waals surface area contributed by atoms with Crippen molar-refractivity contribution in [2.45, 2.75) is 45.1 Å². The average molecular weight is 279 g/mol. The van der Waals surface area contributed by atoms with Crippen LogP contribution in [0.4, 0.5) is 0 Å². The van der Waals surface area contributed by atoms with E-state index in [4.69, 9.17) is 10.5 Å². The van der Waals surface area contributed by atoms with Crippen molar-refractivity contribution in [3.63, 3.8) is 0 Å². The second-order valence-electron chi connectivity index (χ2n) is 4.73. The second-order valence-corrected chi connectivity index (χ2v) is 4.73. The highest BCUT2D eigenvalue weighted by atomic mass is 35.5. The van der Waals surface area contributed by atoms with Gasteiger partial charge in [-0.3, -0.25) is 9.59 Å². The van der Waals surface area contributed by atoms with E-state index in [0.717, 1.165) is 25.7 Å². The average Bonchev–Trinajstić information content (AvgIpc) is 2.74. The van der Waals surface area contributed by atoms with Gasteiger partial charge in [-0.15, -0.1) is 12.4 Å². The molecule has 3 N–H and O–H groups in total. The van der Waals surface area contributed by atoms with E-state index in [0.29, 0.717) is 6.61 Å². The van der Waals surface area contributed by atoms with Crippen LogP contribution in [0.3, 0.4) is 0 Å². The molecule has 1 saturated carbocycles. The first-order valence-corrected chi connectivity index (χ1v) is 6.23. The normalized spacial score (nSPS) is 18.6. The van der Waals surface area contributed by atoms with E-state index in [1.165, 1.54) is 0 Å². The molecule has 1 aliphatic rings. The Kier molecular flexibility index (Phi) is 7.25. The minimum Gasteiger partial charge on any atom is -0.466 e. The Morgan fingerprint density at radius 2 is 1.94 bits per heavy atom. The molecule has 106 valence electrons. The molecule has 0 radical (unpaired) electrons. The number of rotatable bonds is 5. The van der Waals surface area contributed by atoms with Crippen LogP contribution in [0, 0.1) is 5.92 Å². The topological polar surface area (TPSA) is 81.4 Å². The molecule has 1 amide bonds. The van der Waals surface area contributed by atoms with Crippen LogP contribution in [-0.4, -0.2) is 30.6 Å². The molecule has 18 heavy (non-hydrogen) atoms. The van der Waals surface area contributed by atoms with E-state index in [9.17, 15) is 9.59 Å². The number of hydrogen-bond donors (Lipinski definition) is 2. The molecule has 0 bridgehead atoms. The van der Waals surface area contributed by atoms with Gasteiger partial charge in [0.25, 0.3) is 0 Å². The fourth-order valence-electron chi connectivity index (χ4n) is 2.02. The molecular weight excluding hydrogens is 256 g/mol. The van der Waals surface area contributed by atoms with Gasteiger partial charge in [0.1, 0.15) is 0 Å². The summed E-state index contributed by atoms with van der Waals surface area (Å²) in [6.07, 6.45) is 3.45. The van der Waals surface area contributed by atoms with Crippen LogP contribution in [0.2, 0.25) is 0 Å². The Morgan fingerprint density at radius 3 is 2.44 bits per heavy atom. The molecule has 1 unspecified atom stereocenters. The maximum atomic E-state index is 11.9. The van der Waals surface area contributed by atoms with Crippen LogP contribution < -0.4 is 11.1 Å². The summed E-state index contributed by atoms with van der Waals surface area (Å²) in [4.78, 5) is 23.2. The summed E-state index contributed by atoms with van der Waals surface area (Å²) >= 11 is 0. The molecule has 0 aromatic rings. The minimum atomic E-state index is -0.728. The van der Waals surface area contributed by atoms with Gasteiger partial charge in [0.05, 0.1) is 18.1 Å². The molecule has 0 spiro atoms. The van der Waals surface area contributed by atoms with Gasteiger partial charge in [0.15, 0.2) is 0 Å². The molecule has 0 aromatic heterocycles. The zero-order valence-corrected chi connectivity index (χ0v) is 11.8. The van der Waals surface area contributed by atoms with Crippen molar-refractivity contribution in [3.8, 4) is 0 Å². The first kappa shape index (κ1) is 17.2. The molecule has 6 heteroatoms. The van der Waals surface area contributed by atoms with E-state index >= 15 is 0 Å². The number of nitrogens with one attached hydrogen (secondary N) is 1. The van der Waals surface area contributed by atoms with Crippen LogP contribution in [0.1, 0.15) is 39.5 Å².